The van der Waals surface area contributed by atoms with Gasteiger partial charge in [0.2, 0.25) is 5.43 Å². The number of carbonyl (C=O) groups is 2. The number of rotatable bonds is 7. The molecular weight excluding hydrogens is 455 g/mol. The first-order valence-electron chi connectivity index (χ1n) is 10.4. The minimum absolute atomic E-state index is 0.00452. The van der Waals surface area contributed by atoms with E-state index in [-0.39, 0.29) is 46.4 Å². The van der Waals surface area contributed by atoms with Crippen LogP contribution in [0.25, 0.3) is 0 Å². The molecule has 8 nitrogen and oxygen atoms in total. The Labute approximate surface area is 194 Å². The number of aromatic hydroxyl groups is 1. The van der Waals surface area contributed by atoms with Crippen LogP contribution in [0.3, 0.4) is 0 Å². The highest BCUT2D eigenvalue weighted by molar-refractivity contribution is 6.32. The Morgan fingerprint density at radius 3 is 2.73 bits per heavy atom. The number of halogens is 2. The average molecular weight is 479 g/mol. The molecule has 1 N–H and O–H groups in total. The van der Waals surface area contributed by atoms with Gasteiger partial charge in [0.15, 0.2) is 17.2 Å². The number of fused-ring (bicyclic) bond motifs is 2. The molecule has 1 aromatic carbocycles. The van der Waals surface area contributed by atoms with Crippen LogP contribution in [0.5, 0.6) is 11.5 Å². The Hall–Kier alpha value is -2.91. The number of hydrogen-bond donors (Lipinski definition) is 1. The number of pyridine rings is 1. The summed E-state index contributed by atoms with van der Waals surface area (Å²) >= 11 is 5.94. The molecule has 1 aliphatic heterocycles. The van der Waals surface area contributed by atoms with Crippen molar-refractivity contribution in [2.75, 3.05) is 34.4 Å². The molecule has 0 bridgehead atoms. The number of hydrogen-bond acceptors (Lipinski definition) is 6. The minimum atomic E-state index is -0.915. The molecule has 2 aromatic rings. The van der Waals surface area contributed by atoms with Crippen LogP contribution in [0.1, 0.15) is 39.3 Å². The van der Waals surface area contributed by atoms with Crippen molar-refractivity contribution < 1.29 is 28.6 Å². The van der Waals surface area contributed by atoms with Crippen LogP contribution in [-0.4, -0.2) is 60.7 Å². The highest BCUT2D eigenvalue weighted by Gasteiger charge is 2.60. The third-order valence-corrected chi connectivity index (χ3v) is 6.91. The zero-order valence-corrected chi connectivity index (χ0v) is 19.2. The summed E-state index contributed by atoms with van der Waals surface area (Å²) in [5.41, 5.74) is -1.63. The van der Waals surface area contributed by atoms with E-state index in [0.29, 0.717) is 19.6 Å². The molecule has 1 saturated carbocycles. The fraction of sp³-hybridized carbons (Fsp3) is 0.435. The summed E-state index contributed by atoms with van der Waals surface area (Å²) in [4.78, 5) is 39.9. The lowest BCUT2D eigenvalue weighted by Crippen LogP contribution is -2.48. The Bertz CT molecular complexity index is 1210. The Morgan fingerprint density at radius 2 is 2.06 bits per heavy atom. The zero-order valence-electron chi connectivity index (χ0n) is 18.5. The van der Waals surface area contributed by atoms with E-state index in [4.69, 9.17) is 21.1 Å². The van der Waals surface area contributed by atoms with Gasteiger partial charge in [-0.2, -0.15) is 0 Å². The van der Waals surface area contributed by atoms with Gasteiger partial charge in [-0.05, 0) is 24.5 Å². The molecule has 1 spiro atoms. The number of carbonyl (C=O) groups excluding carboxylic acids is 2. The van der Waals surface area contributed by atoms with Gasteiger partial charge in [0.1, 0.15) is 16.6 Å². The van der Waals surface area contributed by atoms with E-state index >= 15 is 0 Å². The maximum absolute atomic E-state index is 14.5. The first kappa shape index (κ1) is 23.3. The predicted octanol–water partition coefficient (Wildman–Crippen LogP) is 2.62. The fourth-order valence-corrected chi connectivity index (χ4v) is 4.93. The second kappa shape index (κ2) is 8.46. The summed E-state index contributed by atoms with van der Waals surface area (Å²) in [7, 11) is 4.55. The average Bonchev–Trinajstić information content (AvgIpc) is 3.47. The third-order valence-electron chi connectivity index (χ3n) is 6.56. The Balaban J connectivity index is 1.67. The zero-order chi connectivity index (χ0) is 24.1. The topological polar surface area (TPSA) is 98.1 Å². The molecule has 0 radical (unpaired) electrons. The van der Waals surface area contributed by atoms with E-state index in [1.807, 2.05) is 0 Å². The molecule has 0 saturated heterocycles. The number of aryl methyl sites for hydroxylation is 1. The number of methoxy groups -OCH3 is 2. The molecule has 1 fully saturated rings. The number of ether oxygens (including phenoxy) is 2. The van der Waals surface area contributed by atoms with Gasteiger partial charge in [-0.1, -0.05) is 17.7 Å². The first-order valence-corrected chi connectivity index (χ1v) is 10.8. The molecule has 1 amide bonds. The summed E-state index contributed by atoms with van der Waals surface area (Å²) in [5.74, 6) is -2.26. The second-order valence-electron chi connectivity index (χ2n) is 8.54. The molecule has 10 heteroatoms. The monoisotopic (exact) mass is 478 g/mol. The van der Waals surface area contributed by atoms with Crippen LogP contribution in [0.15, 0.2) is 23.1 Å². The van der Waals surface area contributed by atoms with Crippen molar-refractivity contribution >= 4 is 23.3 Å². The lowest BCUT2D eigenvalue weighted by Gasteiger charge is -2.35. The summed E-state index contributed by atoms with van der Waals surface area (Å²) in [5, 5.41) is 10.4. The van der Waals surface area contributed by atoms with E-state index in [1.165, 1.54) is 30.3 Å². The van der Waals surface area contributed by atoms with Gasteiger partial charge in [0.05, 0.1) is 24.8 Å². The second-order valence-corrected chi connectivity index (χ2v) is 8.92. The SMILES string of the molecule is COCC1CC12CN(C)C(=O)c1c(O)c(=O)c(C(=O)CCc3ccc(OC)c(Cl)c3F)cn12. The predicted molar refractivity (Wildman–Crippen MR) is 118 cm³/mol. The number of ketones is 1. The molecule has 2 unspecified atom stereocenters. The van der Waals surface area contributed by atoms with Crippen LogP contribution >= 0.6 is 11.6 Å². The molecule has 2 aliphatic rings. The van der Waals surface area contributed by atoms with Crippen LogP contribution < -0.4 is 10.2 Å². The third kappa shape index (κ3) is 3.69. The van der Waals surface area contributed by atoms with Crippen molar-refractivity contribution in [3.63, 3.8) is 0 Å². The minimum Gasteiger partial charge on any atom is -0.503 e. The van der Waals surface area contributed by atoms with E-state index < -0.39 is 34.2 Å². The van der Waals surface area contributed by atoms with E-state index in [2.05, 4.69) is 0 Å². The number of aromatic nitrogens is 1. The molecule has 2 atom stereocenters. The largest absolute Gasteiger partial charge is 0.503 e. The highest BCUT2D eigenvalue weighted by Crippen LogP contribution is 2.53. The maximum atomic E-state index is 14.5. The molecule has 1 aromatic heterocycles. The number of benzene rings is 1. The summed E-state index contributed by atoms with van der Waals surface area (Å²) in [6, 6.07) is 2.97. The lowest BCUT2D eigenvalue weighted by atomic mass is 10.00. The maximum Gasteiger partial charge on any atom is 0.274 e. The Kier molecular flexibility index (Phi) is 5.96. The van der Waals surface area contributed by atoms with Gasteiger partial charge >= 0.3 is 0 Å². The highest BCUT2D eigenvalue weighted by atomic mass is 35.5. The van der Waals surface area contributed by atoms with Crippen molar-refractivity contribution in [3.05, 3.63) is 56.2 Å². The number of nitrogens with zero attached hydrogens (tertiary/aromatic N) is 2. The molecule has 1 aliphatic carbocycles. The van der Waals surface area contributed by atoms with Gasteiger partial charge in [0.25, 0.3) is 5.91 Å². The van der Waals surface area contributed by atoms with E-state index in [1.54, 1.807) is 18.7 Å². The molecule has 33 heavy (non-hydrogen) atoms. The van der Waals surface area contributed by atoms with E-state index in [0.717, 1.165) is 0 Å². The first-order chi connectivity index (χ1) is 15.7. The summed E-state index contributed by atoms with van der Waals surface area (Å²) < 4.78 is 26.3. The number of likely N-dealkylation sites (N-methyl/N-ethyl adjacent to an activating group) is 1. The number of Topliss-reactive ketones (excluding diaryl/α,β-unsaturated/α-hetero) is 1. The van der Waals surface area contributed by atoms with Crippen LogP contribution in [-0.2, 0) is 16.7 Å². The van der Waals surface area contributed by atoms with Gasteiger partial charge in [-0.25, -0.2) is 4.39 Å². The summed E-state index contributed by atoms with van der Waals surface area (Å²) in [6.07, 6.45) is 1.85. The Morgan fingerprint density at radius 1 is 1.33 bits per heavy atom. The van der Waals surface area contributed by atoms with Gasteiger partial charge in [-0.15, -0.1) is 0 Å². The van der Waals surface area contributed by atoms with Crippen molar-refractivity contribution in [3.8, 4) is 11.5 Å². The fourth-order valence-electron chi connectivity index (χ4n) is 4.67. The smallest absolute Gasteiger partial charge is 0.274 e. The van der Waals surface area contributed by atoms with Crippen LogP contribution in [0.2, 0.25) is 5.02 Å². The van der Waals surface area contributed by atoms with Crippen molar-refractivity contribution in [2.45, 2.75) is 24.8 Å². The van der Waals surface area contributed by atoms with Crippen LogP contribution in [0.4, 0.5) is 4.39 Å². The normalized spacial score (nSPS) is 21.3. The van der Waals surface area contributed by atoms with Crippen molar-refractivity contribution in [2.24, 2.45) is 5.92 Å². The van der Waals surface area contributed by atoms with E-state index in [9.17, 15) is 23.9 Å². The molecule has 4 rings (SSSR count). The van der Waals surface area contributed by atoms with Crippen molar-refractivity contribution in [1.29, 1.82) is 0 Å². The quantitative estimate of drug-likeness (QED) is 0.614. The van der Waals surface area contributed by atoms with Crippen molar-refractivity contribution in [1.82, 2.24) is 9.47 Å². The van der Waals surface area contributed by atoms with Gasteiger partial charge in [-0.3, -0.25) is 14.4 Å². The molecule has 2 heterocycles. The lowest BCUT2D eigenvalue weighted by molar-refractivity contribution is 0.0664. The molecular formula is C23H24ClFN2O6. The standard InChI is InChI=1S/C23H24ClFN2O6/c1-26-11-23(8-13(23)10-32-2)27-9-14(20(29)21(30)19(27)22(26)31)15(28)6-4-12-5-7-16(33-3)17(24)18(12)25/h5,7,9,13,30H,4,6,8,10-11H2,1-3H3. The molecule has 176 valence electrons. The van der Waals surface area contributed by atoms with Crippen LogP contribution in [0, 0.1) is 11.7 Å². The van der Waals surface area contributed by atoms with Gasteiger partial charge < -0.3 is 24.0 Å². The summed E-state index contributed by atoms with van der Waals surface area (Å²) in [6.45, 7) is 0.813. The van der Waals surface area contributed by atoms with Gasteiger partial charge in [0, 0.05) is 39.2 Å². The number of amides is 1.